The van der Waals surface area contributed by atoms with Gasteiger partial charge >= 0.3 is 5.97 Å². The lowest BCUT2D eigenvalue weighted by atomic mass is 10.1. The van der Waals surface area contributed by atoms with Crippen LogP contribution in [0.2, 0.25) is 0 Å². The van der Waals surface area contributed by atoms with Crippen LogP contribution in [0.1, 0.15) is 21.5 Å². The van der Waals surface area contributed by atoms with Gasteiger partial charge in [-0.05, 0) is 30.7 Å². The summed E-state index contributed by atoms with van der Waals surface area (Å²) in [5, 5.41) is 10.0. The fourth-order valence-corrected chi connectivity index (χ4v) is 2.42. The molecule has 1 heterocycles. The van der Waals surface area contributed by atoms with Gasteiger partial charge in [0.05, 0.1) is 5.56 Å². The Morgan fingerprint density at radius 3 is 2.76 bits per heavy atom. The van der Waals surface area contributed by atoms with Crippen LogP contribution in [-0.2, 0) is 6.61 Å². The molecule has 2 N–H and O–H groups in total. The Balaban J connectivity index is 1.95. The quantitative estimate of drug-likeness (QED) is 0.765. The molecule has 3 aromatic rings. The van der Waals surface area contributed by atoms with E-state index in [-0.39, 0.29) is 5.56 Å². The highest BCUT2D eigenvalue weighted by molar-refractivity contribution is 6.04. The third kappa shape index (κ3) is 2.48. The lowest BCUT2D eigenvalue weighted by Gasteiger charge is -2.08. The van der Waals surface area contributed by atoms with Crippen molar-refractivity contribution in [2.45, 2.75) is 13.5 Å². The van der Waals surface area contributed by atoms with Crippen LogP contribution in [0.25, 0.3) is 10.9 Å². The number of hydrogen-bond acceptors (Lipinski definition) is 2. The number of carboxylic acids is 1. The topological polar surface area (TPSA) is 62.3 Å². The van der Waals surface area contributed by atoms with E-state index in [2.05, 4.69) is 4.98 Å². The van der Waals surface area contributed by atoms with E-state index in [0.717, 1.165) is 22.4 Å². The first-order valence-corrected chi connectivity index (χ1v) is 6.67. The number of aromatic nitrogens is 1. The number of rotatable bonds is 4. The van der Waals surface area contributed by atoms with Gasteiger partial charge in [-0.3, -0.25) is 0 Å². The van der Waals surface area contributed by atoms with E-state index in [1.165, 1.54) is 0 Å². The van der Waals surface area contributed by atoms with Gasteiger partial charge in [0.15, 0.2) is 0 Å². The van der Waals surface area contributed by atoms with E-state index in [4.69, 9.17) is 4.74 Å². The SMILES string of the molecule is Cc1ccccc1OCc1c[nH]c2cccc(C(=O)O)c12. The maximum atomic E-state index is 11.3. The van der Waals surface area contributed by atoms with E-state index < -0.39 is 5.97 Å². The third-order valence-corrected chi connectivity index (χ3v) is 3.49. The number of carbonyl (C=O) groups is 1. The van der Waals surface area contributed by atoms with Crippen molar-refractivity contribution >= 4 is 16.9 Å². The smallest absolute Gasteiger partial charge is 0.336 e. The van der Waals surface area contributed by atoms with Crippen LogP contribution in [0.3, 0.4) is 0 Å². The maximum absolute atomic E-state index is 11.3. The number of nitrogens with one attached hydrogen (secondary N) is 1. The molecule has 0 saturated carbocycles. The lowest BCUT2D eigenvalue weighted by Crippen LogP contribution is -2.00. The lowest BCUT2D eigenvalue weighted by molar-refractivity contribution is 0.0699. The summed E-state index contributed by atoms with van der Waals surface area (Å²) < 4.78 is 5.81. The van der Waals surface area contributed by atoms with Gasteiger partial charge in [0.2, 0.25) is 0 Å². The predicted octanol–water partition coefficient (Wildman–Crippen LogP) is 3.75. The number of hydrogen-bond donors (Lipinski definition) is 2. The van der Waals surface area contributed by atoms with E-state index in [1.54, 1.807) is 18.3 Å². The van der Waals surface area contributed by atoms with Gasteiger partial charge in [0.1, 0.15) is 12.4 Å². The average molecular weight is 281 g/mol. The Hall–Kier alpha value is -2.75. The number of H-pyrrole nitrogens is 1. The molecule has 0 aliphatic carbocycles. The van der Waals surface area contributed by atoms with Gasteiger partial charge in [0, 0.05) is 22.7 Å². The standard InChI is InChI=1S/C17H15NO3/c1-11-5-2-3-8-15(11)21-10-12-9-18-14-7-4-6-13(16(12)14)17(19)20/h2-9,18H,10H2,1H3,(H,19,20). The Kier molecular flexibility index (Phi) is 3.36. The Bertz CT molecular complexity index is 805. The van der Waals surface area contributed by atoms with Crippen LogP contribution in [0.5, 0.6) is 5.75 Å². The Morgan fingerprint density at radius 1 is 1.19 bits per heavy atom. The summed E-state index contributed by atoms with van der Waals surface area (Å²) >= 11 is 0. The number of aryl methyl sites for hydroxylation is 1. The van der Waals surface area contributed by atoms with Gasteiger partial charge in [-0.25, -0.2) is 4.79 Å². The second kappa shape index (κ2) is 5.32. The summed E-state index contributed by atoms with van der Waals surface area (Å²) in [6, 6.07) is 13.0. The van der Waals surface area contributed by atoms with Gasteiger partial charge in [-0.15, -0.1) is 0 Å². The van der Waals surface area contributed by atoms with Crippen LogP contribution < -0.4 is 4.74 Å². The molecule has 0 unspecified atom stereocenters. The van der Waals surface area contributed by atoms with Gasteiger partial charge in [-0.2, -0.15) is 0 Å². The van der Waals surface area contributed by atoms with Crippen LogP contribution in [0.4, 0.5) is 0 Å². The van der Waals surface area contributed by atoms with Crippen molar-refractivity contribution in [3.05, 3.63) is 65.4 Å². The van der Waals surface area contributed by atoms with Crippen molar-refractivity contribution in [1.29, 1.82) is 0 Å². The largest absolute Gasteiger partial charge is 0.489 e. The van der Waals surface area contributed by atoms with E-state index in [1.807, 2.05) is 37.3 Å². The third-order valence-electron chi connectivity index (χ3n) is 3.49. The number of ether oxygens (including phenoxy) is 1. The summed E-state index contributed by atoms with van der Waals surface area (Å²) in [4.78, 5) is 14.4. The van der Waals surface area contributed by atoms with Crippen molar-refractivity contribution in [2.24, 2.45) is 0 Å². The molecule has 0 fully saturated rings. The number of para-hydroxylation sites is 1. The Morgan fingerprint density at radius 2 is 2.00 bits per heavy atom. The molecule has 0 bridgehead atoms. The molecule has 0 radical (unpaired) electrons. The van der Waals surface area contributed by atoms with Gasteiger partial charge < -0.3 is 14.8 Å². The van der Waals surface area contributed by atoms with E-state index in [0.29, 0.717) is 12.0 Å². The molecule has 0 aliphatic rings. The van der Waals surface area contributed by atoms with Crippen molar-refractivity contribution in [1.82, 2.24) is 4.98 Å². The van der Waals surface area contributed by atoms with Crippen LogP contribution in [0.15, 0.2) is 48.7 Å². The minimum absolute atomic E-state index is 0.289. The first kappa shape index (κ1) is 13.2. The zero-order valence-electron chi connectivity index (χ0n) is 11.6. The summed E-state index contributed by atoms with van der Waals surface area (Å²) in [6.45, 7) is 2.31. The highest BCUT2D eigenvalue weighted by Gasteiger charge is 2.14. The molecule has 3 rings (SSSR count). The molecule has 4 nitrogen and oxygen atoms in total. The monoisotopic (exact) mass is 281 g/mol. The molecule has 1 aromatic heterocycles. The van der Waals surface area contributed by atoms with Crippen molar-refractivity contribution in [2.75, 3.05) is 0 Å². The molecule has 0 aliphatic heterocycles. The fraction of sp³-hybridized carbons (Fsp3) is 0.118. The summed E-state index contributed by atoms with van der Waals surface area (Å²) in [7, 11) is 0. The molecule has 0 saturated heterocycles. The first-order valence-electron chi connectivity index (χ1n) is 6.67. The fourth-order valence-electron chi connectivity index (χ4n) is 2.42. The van der Waals surface area contributed by atoms with Crippen molar-refractivity contribution in [3.8, 4) is 5.75 Å². The van der Waals surface area contributed by atoms with Gasteiger partial charge in [0.25, 0.3) is 0 Å². The average Bonchev–Trinajstić information content (AvgIpc) is 2.89. The van der Waals surface area contributed by atoms with Crippen molar-refractivity contribution in [3.63, 3.8) is 0 Å². The molecule has 106 valence electrons. The molecule has 21 heavy (non-hydrogen) atoms. The van der Waals surface area contributed by atoms with E-state index in [9.17, 15) is 9.90 Å². The number of carboxylic acid groups (broad SMARTS) is 1. The first-order chi connectivity index (χ1) is 10.2. The number of fused-ring (bicyclic) bond motifs is 1. The highest BCUT2D eigenvalue weighted by atomic mass is 16.5. The zero-order chi connectivity index (χ0) is 14.8. The van der Waals surface area contributed by atoms with Gasteiger partial charge in [-0.1, -0.05) is 24.3 Å². The molecule has 4 heteroatoms. The number of benzene rings is 2. The molecule has 2 aromatic carbocycles. The summed E-state index contributed by atoms with van der Waals surface area (Å²) in [6.07, 6.45) is 1.80. The number of aromatic carboxylic acids is 1. The highest BCUT2D eigenvalue weighted by Crippen LogP contribution is 2.25. The zero-order valence-corrected chi connectivity index (χ0v) is 11.6. The molecule has 0 atom stereocenters. The minimum atomic E-state index is -0.933. The molecular formula is C17H15NO3. The van der Waals surface area contributed by atoms with Crippen LogP contribution in [-0.4, -0.2) is 16.1 Å². The van der Waals surface area contributed by atoms with Crippen LogP contribution in [0, 0.1) is 6.92 Å². The molecule has 0 amide bonds. The minimum Gasteiger partial charge on any atom is -0.489 e. The maximum Gasteiger partial charge on any atom is 0.336 e. The summed E-state index contributed by atoms with van der Waals surface area (Å²) in [5.41, 5.74) is 2.98. The van der Waals surface area contributed by atoms with E-state index >= 15 is 0 Å². The van der Waals surface area contributed by atoms with Crippen molar-refractivity contribution < 1.29 is 14.6 Å². The predicted molar refractivity (Wildman–Crippen MR) is 80.8 cm³/mol. The second-order valence-corrected chi connectivity index (χ2v) is 4.90. The Labute approximate surface area is 122 Å². The second-order valence-electron chi connectivity index (χ2n) is 4.90. The molecule has 0 spiro atoms. The number of aromatic amines is 1. The normalized spacial score (nSPS) is 10.7. The van der Waals surface area contributed by atoms with Crippen LogP contribution >= 0.6 is 0 Å². The summed E-state index contributed by atoms with van der Waals surface area (Å²) in [5.74, 6) is -0.128. The molecular weight excluding hydrogens is 266 g/mol.